The lowest BCUT2D eigenvalue weighted by Gasteiger charge is -2.21. The molecule has 0 atom stereocenters. The highest BCUT2D eigenvalue weighted by molar-refractivity contribution is 5.97. The molecular formula is C17H16F3NO3. The van der Waals surface area contributed by atoms with Gasteiger partial charge in [-0.3, -0.25) is 0 Å². The van der Waals surface area contributed by atoms with Crippen LogP contribution < -0.4 is 5.32 Å². The Balaban J connectivity index is 1.99. The zero-order chi connectivity index (χ0) is 17.3. The molecule has 1 saturated heterocycles. The Hall–Kier alpha value is -2.28. The van der Waals surface area contributed by atoms with Crippen LogP contribution in [-0.2, 0) is 6.18 Å². The van der Waals surface area contributed by atoms with E-state index in [4.69, 9.17) is 4.42 Å². The van der Waals surface area contributed by atoms with E-state index >= 15 is 0 Å². The van der Waals surface area contributed by atoms with Crippen LogP contribution >= 0.6 is 0 Å². The van der Waals surface area contributed by atoms with Crippen molar-refractivity contribution in [2.45, 2.75) is 24.9 Å². The highest BCUT2D eigenvalue weighted by Crippen LogP contribution is 2.37. The van der Waals surface area contributed by atoms with E-state index in [2.05, 4.69) is 5.32 Å². The van der Waals surface area contributed by atoms with Crippen molar-refractivity contribution in [3.05, 3.63) is 47.4 Å². The van der Waals surface area contributed by atoms with Gasteiger partial charge in [-0.05, 0) is 43.6 Å². The molecule has 0 bridgehead atoms. The van der Waals surface area contributed by atoms with Crippen LogP contribution in [-0.4, -0.2) is 24.2 Å². The monoisotopic (exact) mass is 339 g/mol. The second kappa shape index (κ2) is 6.32. The Labute approximate surface area is 136 Å². The first kappa shape index (κ1) is 16.6. The van der Waals surface area contributed by atoms with Crippen LogP contribution in [0.5, 0.6) is 0 Å². The topological polar surface area (TPSA) is 62.5 Å². The van der Waals surface area contributed by atoms with Crippen molar-refractivity contribution in [3.8, 4) is 11.1 Å². The normalized spacial score (nSPS) is 16.3. The summed E-state index contributed by atoms with van der Waals surface area (Å²) < 4.78 is 43.5. The molecule has 128 valence electrons. The molecule has 1 fully saturated rings. The summed E-state index contributed by atoms with van der Waals surface area (Å²) in [5.41, 5.74) is -0.0269. The fourth-order valence-corrected chi connectivity index (χ4v) is 3.03. The van der Waals surface area contributed by atoms with Crippen molar-refractivity contribution in [2.24, 2.45) is 0 Å². The molecule has 2 heterocycles. The Morgan fingerprint density at radius 3 is 2.33 bits per heavy atom. The van der Waals surface area contributed by atoms with Gasteiger partial charge >= 0.3 is 12.1 Å². The second-order valence-electron chi connectivity index (χ2n) is 5.79. The number of rotatable bonds is 3. The van der Waals surface area contributed by atoms with Gasteiger partial charge in [-0.2, -0.15) is 13.2 Å². The number of hydrogen-bond acceptors (Lipinski definition) is 3. The number of alkyl halides is 3. The number of furan rings is 1. The largest absolute Gasteiger partial charge is 0.478 e. The highest BCUT2D eigenvalue weighted by Gasteiger charge is 2.31. The Morgan fingerprint density at radius 2 is 1.79 bits per heavy atom. The van der Waals surface area contributed by atoms with Crippen LogP contribution in [0.25, 0.3) is 11.1 Å². The first-order chi connectivity index (χ1) is 11.4. The zero-order valence-corrected chi connectivity index (χ0v) is 12.7. The van der Waals surface area contributed by atoms with E-state index < -0.39 is 17.7 Å². The summed E-state index contributed by atoms with van der Waals surface area (Å²) in [5, 5.41) is 12.8. The Morgan fingerprint density at radius 1 is 1.17 bits per heavy atom. The van der Waals surface area contributed by atoms with Crippen LogP contribution in [0.15, 0.2) is 34.9 Å². The summed E-state index contributed by atoms with van der Waals surface area (Å²) in [5.74, 6) is -0.730. The summed E-state index contributed by atoms with van der Waals surface area (Å²) >= 11 is 0. The molecule has 1 aliphatic heterocycles. The maximum atomic E-state index is 12.7. The van der Waals surface area contributed by atoms with Gasteiger partial charge in [0.25, 0.3) is 0 Å². The van der Waals surface area contributed by atoms with Gasteiger partial charge in [0.2, 0.25) is 0 Å². The molecule has 0 unspecified atom stereocenters. The molecule has 1 aromatic heterocycles. The third-order valence-corrected chi connectivity index (χ3v) is 4.27. The molecular weight excluding hydrogens is 323 g/mol. The van der Waals surface area contributed by atoms with Crippen molar-refractivity contribution >= 4 is 5.97 Å². The Kier molecular flexibility index (Phi) is 4.36. The van der Waals surface area contributed by atoms with Crippen LogP contribution in [0.4, 0.5) is 13.2 Å². The average molecular weight is 339 g/mol. The van der Waals surface area contributed by atoms with E-state index in [0.29, 0.717) is 16.9 Å². The molecule has 2 aromatic rings. The average Bonchev–Trinajstić information content (AvgIpc) is 3.00. The molecule has 24 heavy (non-hydrogen) atoms. The third kappa shape index (κ3) is 3.17. The maximum absolute atomic E-state index is 12.7. The molecule has 0 saturated carbocycles. The summed E-state index contributed by atoms with van der Waals surface area (Å²) in [6.07, 6.45) is -1.57. The standard InChI is InChI=1S/C17H16F3NO3/c18-17(19,20)12-3-1-10(2-4-12)13-9-24-15(14(13)16(22)23)11-5-7-21-8-6-11/h1-4,9,11,21H,5-8H2,(H,22,23). The van der Waals surface area contributed by atoms with Crippen molar-refractivity contribution in [1.82, 2.24) is 5.32 Å². The SMILES string of the molecule is O=C(O)c1c(-c2ccc(C(F)(F)F)cc2)coc1C1CCNCC1. The smallest absolute Gasteiger partial charge is 0.416 e. The summed E-state index contributed by atoms with van der Waals surface area (Å²) in [4.78, 5) is 11.7. The molecule has 0 amide bonds. The highest BCUT2D eigenvalue weighted by atomic mass is 19.4. The molecule has 1 aromatic carbocycles. The van der Waals surface area contributed by atoms with E-state index in [9.17, 15) is 23.1 Å². The molecule has 4 nitrogen and oxygen atoms in total. The minimum absolute atomic E-state index is 0.000508. The number of aromatic carboxylic acids is 1. The Bertz CT molecular complexity index is 729. The van der Waals surface area contributed by atoms with Crippen LogP contribution in [0.2, 0.25) is 0 Å². The van der Waals surface area contributed by atoms with E-state index in [1.807, 2.05) is 0 Å². The van der Waals surface area contributed by atoms with Crippen molar-refractivity contribution in [2.75, 3.05) is 13.1 Å². The summed E-state index contributed by atoms with van der Waals surface area (Å²) in [6.45, 7) is 1.56. The number of benzene rings is 1. The van der Waals surface area contributed by atoms with Crippen LogP contribution in [0.1, 0.15) is 40.4 Å². The first-order valence-corrected chi connectivity index (χ1v) is 7.61. The number of nitrogens with one attached hydrogen (secondary N) is 1. The van der Waals surface area contributed by atoms with Crippen LogP contribution in [0.3, 0.4) is 0 Å². The van der Waals surface area contributed by atoms with E-state index in [0.717, 1.165) is 38.1 Å². The molecule has 0 spiro atoms. The minimum atomic E-state index is -4.43. The van der Waals surface area contributed by atoms with Crippen molar-refractivity contribution < 1.29 is 27.5 Å². The number of carboxylic acid groups (broad SMARTS) is 1. The van der Waals surface area contributed by atoms with E-state index in [1.54, 1.807) is 0 Å². The molecule has 0 aliphatic carbocycles. The predicted molar refractivity (Wildman–Crippen MR) is 81.0 cm³/mol. The lowest BCUT2D eigenvalue weighted by Crippen LogP contribution is -2.27. The van der Waals surface area contributed by atoms with Gasteiger partial charge in [0.15, 0.2) is 0 Å². The van der Waals surface area contributed by atoms with Gasteiger partial charge in [0.1, 0.15) is 11.3 Å². The van der Waals surface area contributed by atoms with Gasteiger partial charge in [0.05, 0.1) is 11.8 Å². The van der Waals surface area contributed by atoms with Crippen molar-refractivity contribution in [1.29, 1.82) is 0 Å². The molecule has 3 rings (SSSR count). The number of piperidine rings is 1. The fourth-order valence-electron chi connectivity index (χ4n) is 3.03. The second-order valence-corrected chi connectivity index (χ2v) is 5.79. The van der Waals surface area contributed by atoms with Gasteiger partial charge in [-0.15, -0.1) is 0 Å². The van der Waals surface area contributed by atoms with Gasteiger partial charge in [0, 0.05) is 11.5 Å². The maximum Gasteiger partial charge on any atom is 0.416 e. The van der Waals surface area contributed by atoms with Crippen LogP contribution in [0, 0.1) is 0 Å². The van der Waals surface area contributed by atoms with E-state index in [-0.39, 0.29) is 11.5 Å². The number of carboxylic acids is 1. The number of carbonyl (C=O) groups is 1. The minimum Gasteiger partial charge on any atom is -0.478 e. The molecule has 7 heteroatoms. The summed E-state index contributed by atoms with van der Waals surface area (Å²) in [6, 6.07) is 4.43. The lowest BCUT2D eigenvalue weighted by molar-refractivity contribution is -0.137. The molecule has 0 radical (unpaired) electrons. The van der Waals surface area contributed by atoms with Gasteiger partial charge < -0.3 is 14.8 Å². The lowest BCUT2D eigenvalue weighted by atomic mass is 9.90. The fraction of sp³-hybridized carbons (Fsp3) is 0.353. The van der Waals surface area contributed by atoms with Crippen molar-refractivity contribution in [3.63, 3.8) is 0 Å². The summed E-state index contributed by atoms with van der Waals surface area (Å²) in [7, 11) is 0. The predicted octanol–water partition coefficient (Wildman–Crippen LogP) is 4.13. The van der Waals surface area contributed by atoms with Gasteiger partial charge in [-0.25, -0.2) is 4.79 Å². The number of halogens is 3. The quantitative estimate of drug-likeness (QED) is 0.883. The van der Waals surface area contributed by atoms with Gasteiger partial charge in [-0.1, -0.05) is 12.1 Å². The zero-order valence-electron chi connectivity index (χ0n) is 12.7. The van der Waals surface area contributed by atoms with E-state index in [1.165, 1.54) is 18.4 Å². The number of hydrogen-bond donors (Lipinski definition) is 2. The third-order valence-electron chi connectivity index (χ3n) is 4.27. The molecule has 2 N–H and O–H groups in total. The first-order valence-electron chi connectivity index (χ1n) is 7.61. The molecule has 1 aliphatic rings.